The number of hydrogen-bond donors (Lipinski definition) is 0. The molecule has 3 heteroatoms. The molecule has 0 aliphatic heterocycles. The fraction of sp³-hybridized carbons (Fsp3) is 0.556. The minimum Gasteiger partial charge on any atom is -0.127 e. The van der Waals surface area contributed by atoms with Crippen molar-refractivity contribution < 1.29 is 0 Å². The Labute approximate surface area is 87.5 Å². The van der Waals surface area contributed by atoms with E-state index in [1.54, 1.807) is 11.3 Å². The van der Waals surface area contributed by atoms with Gasteiger partial charge in [-0.3, -0.25) is 0 Å². The summed E-state index contributed by atoms with van der Waals surface area (Å²) in [5.74, 6) is 0. The zero-order valence-electron chi connectivity index (χ0n) is 7.40. The highest BCUT2D eigenvalue weighted by molar-refractivity contribution is 7.16. The molecule has 0 aromatic carbocycles. The Morgan fingerprint density at radius 3 is 2.25 bits per heavy atom. The van der Waals surface area contributed by atoms with Crippen molar-refractivity contribution in [3.8, 4) is 0 Å². The van der Waals surface area contributed by atoms with E-state index in [-0.39, 0.29) is 10.8 Å². The maximum Gasteiger partial charge on any atom is 0.0931 e. The van der Waals surface area contributed by atoms with Crippen molar-refractivity contribution in [1.82, 2.24) is 0 Å². The Morgan fingerprint density at radius 2 is 1.92 bits per heavy atom. The summed E-state index contributed by atoms with van der Waals surface area (Å²) < 4.78 is 0.805. The van der Waals surface area contributed by atoms with Crippen LogP contribution in [0.1, 0.15) is 31.0 Å². The number of rotatable bonds is 1. The Morgan fingerprint density at radius 1 is 1.33 bits per heavy atom. The summed E-state index contributed by atoms with van der Waals surface area (Å²) in [5, 5.41) is 0.0509. The van der Waals surface area contributed by atoms with Crippen LogP contribution in [0, 0.1) is 5.41 Å². The zero-order chi connectivity index (χ0) is 9.35. The van der Waals surface area contributed by atoms with Crippen molar-refractivity contribution in [2.75, 3.05) is 0 Å². The van der Waals surface area contributed by atoms with Crippen LogP contribution >= 0.6 is 34.5 Å². The fourth-order valence-corrected chi connectivity index (χ4v) is 2.38. The monoisotopic (exact) mass is 222 g/mol. The third-order valence-electron chi connectivity index (χ3n) is 1.60. The van der Waals surface area contributed by atoms with E-state index >= 15 is 0 Å². The normalized spacial score (nSPS) is 14.8. The molecule has 0 saturated carbocycles. The molecule has 0 spiro atoms. The molecule has 0 saturated heterocycles. The lowest BCUT2D eigenvalue weighted by Crippen LogP contribution is -2.11. The van der Waals surface area contributed by atoms with Crippen LogP contribution in [-0.4, -0.2) is 0 Å². The zero-order valence-corrected chi connectivity index (χ0v) is 9.72. The quantitative estimate of drug-likeness (QED) is 0.604. The molecule has 1 aromatic heterocycles. The van der Waals surface area contributed by atoms with Crippen LogP contribution in [-0.2, 0) is 0 Å². The van der Waals surface area contributed by atoms with Gasteiger partial charge in [0.25, 0.3) is 0 Å². The number of halogens is 2. The van der Waals surface area contributed by atoms with Crippen molar-refractivity contribution in [2.24, 2.45) is 5.41 Å². The van der Waals surface area contributed by atoms with Gasteiger partial charge in [0.15, 0.2) is 0 Å². The second-order valence-electron chi connectivity index (χ2n) is 3.87. The molecule has 1 aromatic rings. The van der Waals surface area contributed by atoms with Gasteiger partial charge >= 0.3 is 0 Å². The van der Waals surface area contributed by atoms with Crippen LogP contribution in [0.25, 0.3) is 0 Å². The van der Waals surface area contributed by atoms with Crippen LogP contribution in [0.15, 0.2) is 12.1 Å². The lowest BCUT2D eigenvalue weighted by molar-refractivity contribution is 0.399. The largest absolute Gasteiger partial charge is 0.127 e. The van der Waals surface area contributed by atoms with Crippen LogP contribution < -0.4 is 0 Å². The van der Waals surface area contributed by atoms with E-state index in [0.717, 1.165) is 9.21 Å². The molecule has 1 heterocycles. The highest BCUT2D eigenvalue weighted by atomic mass is 35.5. The van der Waals surface area contributed by atoms with Crippen molar-refractivity contribution in [3.63, 3.8) is 0 Å². The van der Waals surface area contributed by atoms with E-state index in [1.807, 2.05) is 12.1 Å². The summed E-state index contributed by atoms with van der Waals surface area (Å²) in [4.78, 5) is 1.15. The van der Waals surface area contributed by atoms with Crippen molar-refractivity contribution in [3.05, 3.63) is 21.3 Å². The van der Waals surface area contributed by atoms with E-state index in [9.17, 15) is 0 Å². The average molecular weight is 223 g/mol. The molecule has 1 unspecified atom stereocenters. The number of hydrogen-bond acceptors (Lipinski definition) is 1. The summed E-state index contributed by atoms with van der Waals surface area (Å²) in [5.41, 5.74) is 0.0930. The molecule has 1 rings (SSSR count). The molecule has 0 radical (unpaired) electrons. The Bertz CT molecular complexity index is 260. The van der Waals surface area contributed by atoms with Crippen LogP contribution in [0.5, 0.6) is 0 Å². The molecule has 12 heavy (non-hydrogen) atoms. The third-order valence-corrected chi connectivity index (χ3v) is 3.92. The molecule has 0 bridgehead atoms. The first-order chi connectivity index (χ1) is 5.41. The first-order valence-corrected chi connectivity index (χ1v) is 5.43. The van der Waals surface area contributed by atoms with Crippen molar-refractivity contribution in [2.45, 2.75) is 26.1 Å². The number of thiophene rings is 1. The Hall–Kier alpha value is 0.280. The van der Waals surface area contributed by atoms with E-state index in [2.05, 4.69) is 20.8 Å². The molecule has 0 aliphatic carbocycles. The number of alkyl halides is 1. The molecular weight excluding hydrogens is 211 g/mol. The molecular formula is C9H12Cl2S. The molecule has 0 amide bonds. The van der Waals surface area contributed by atoms with Crippen LogP contribution in [0.2, 0.25) is 4.34 Å². The van der Waals surface area contributed by atoms with Gasteiger partial charge < -0.3 is 0 Å². The third kappa shape index (κ3) is 2.38. The first kappa shape index (κ1) is 10.4. The summed E-state index contributed by atoms with van der Waals surface area (Å²) >= 11 is 13.6. The Balaban J connectivity index is 2.85. The summed E-state index contributed by atoms with van der Waals surface area (Å²) in [7, 11) is 0. The van der Waals surface area contributed by atoms with Gasteiger partial charge in [-0.25, -0.2) is 0 Å². The fourth-order valence-electron chi connectivity index (χ4n) is 0.891. The first-order valence-electron chi connectivity index (χ1n) is 3.80. The van der Waals surface area contributed by atoms with Gasteiger partial charge in [0.2, 0.25) is 0 Å². The van der Waals surface area contributed by atoms with Gasteiger partial charge in [-0.1, -0.05) is 32.4 Å². The van der Waals surface area contributed by atoms with E-state index in [0.29, 0.717) is 0 Å². The summed E-state index contributed by atoms with van der Waals surface area (Å²) in [6.07, 6.45) is 0. The Kier molecular flexibility index (Phi) is 3.08. The summed E-state index contributed by atoms with van der Waals surface area (Å²) in [6, 6.07) is 3.89. The minimum absolute atomic E-state index is 0.0509. The van der Waals surface area contributed by atoms with Gasteiger partial charge in [0, 0.05) is 4.88 Å². The summed E-state index contributed by atoms with van der Waals surface area (Å²) in [6.45, 7) is 6.37. The predicted octanol–water partition coefficient (Wildman–Crippen LogP) is 4.73. The van der Waals surface area contributed by atoms with Crippen LogP contribution in [0.4, 0.5) is 0 Å². The lowest BCUT2D eigenvalue weighted by Gasteiger charge is -2.23. The van der Waals surface area contributed by atoms with Gasteiger partial charge in [0.05, 0.1) is 9.71 Å². The molecule has 0 nitrogen and oxygen atoms in total. The topological polar surface area (TPSA) is 0 Å². The second-order valence-corrected chi connectivity index (χ2v) is 6.05. The van der Waals surface area contributed by atoms with Gasteiger partial charge in [0.1, 0.15) is 0 Å². The molecule has 0 fully saturated rings. The smallest absolute Gasteiger partial charge is 0.0931 e. The van der Waals surface area contributed by atoms with Gasteiger partial charge in [-0.15, -0.1) is 22.9 Å². The van der Waals surface area contributed by atoms with Gasteiger partial charge in [-0.2, -0.15) is 0 Å². The molecule has 0 aliphatic rings. The standard InChI is InChI=1S/C9H12Cl2S/c1-9(2,3)8(11)6-4-5-7(10)12-6/h4-5,8H,1-3H3. The maximum absolute atomic E-state index is 6.25. The van der Waals surface area contributed by atoms with Gasteiger partial charge in [-0.05, 0) is 17.5 Å². The van der Waals surface area contributed by atoms with E-state index in [4.69, 9.17) is 23.2 Å². The van der Waals surface area contributed by atoms with Crippen LogP contribution in [0.3, 0.4) is 0 Å². The lowest BCUT2D eigenvalue weighted by atomic mass is 9.91. The van der Waals surface area contributed by atoms with E-state index < -0.39 is 0 Å². The predicted molar refractivity (Wildman–Crippen MR) is 57.4 cm³/mol. The molecule has 68 valence electrons. The molecule has 1 atom stereocenters. The second kappa shape index (κ2) is 3.57. The molecule has 0 N–H and O–H groups in total. The highest BCUT2D eigenvalue weighted by Crippen LogP contribution is 2.42. The van der Waals surface area contributed by atoms with E-state index in [1.165, 1.54) is 0 Å². The highest BCUT2D eigenvalue weighted by Gasteiger charge is 2.24. The van der Waals surface area contributed by atoms with Crippen molar-refractivity contribution >= 4 is 34.5 Å². The average Bonchev–Trinajstić information content (AvgIpc) is 2.32. The van der Waals surface area contributed by atoms with Crippen molar-refractivity contribution in [1.29, 1.82) is 0 Å². The maximum atomic E-state index is 6.25. The SMILES string of the molecule is CC(C)(C)C(Cl)c1ccc(Cl)s1. The minimum atomic E-state index is 0.0509.